The van der Waals surface area contributed by atoms with E-state index in [-0.39, 0.29) is 17.3 Å². The minimum absolute atomic E-state index is 0.00828. The summed E-state index contributed by atoms with van der Waals surface area (Å²) in [6.07, 6.45) is 2.00. The van der Waals surface area contributed by atoms with Gasteiger partial charge in [0.1, 0.15) is 23.6 Å². The highest BCUT2D eigenvalue weighted by atomic mass is 19.1. The van der Waals surface area contributed by atoms with Gasteiger partial charge in [-0.25, -0.2) is 8.78 Å². The number of halogens is 2. The van der Waals surface area contributed by atoms with Crippen LogP contribution in [-0.4, -0.2) is 18.9 Å². The summed E-state index contributed by atoms with van der Waals surface area (Å²) in [6, 6.07) is 1.99. The first-order valence-corrected chi connectivity index (χ1v) is 5.33. The van der Waals surface area contributed by atoms with Crippen molar-refractivity contribution in [3.8, 4) is 0 Å². The topological polar surface area (TPSA) is 20.3 Å². The molecule has 1 rings (SSSR count). The van der Waals surface area contributed by atoms with Crippen molar-refractivity contribution in [3.05, 3.63) is 42.0 Å². The molecule has 1 aromatic carbocycles. The van der Waals surface area contributed by atoms with Crippen molar-refractivity contribution in [2.45, 2.75) is 19.9 Å². The van der Waals surface area contributed by atoms with E-state index in [0.717, 1.165) is 12.1 Å². The van der Waals surface area contributed by atoms with Gasteiger partial charge in [-0.3, -0.25) is 4.79 Å². The lowest BCUT2D eigenvalue weighted by atomic mass is 10.1. The van der Waals surface area contributed by atoms with E-state index in [1.165, 1.54) is 0 Å². The average molecular weight is 239 g/mol. The van der Waals surface area contributed by atoms with E-state index < -0.39 is 11.6 Å². The van der Waals surface area contributed by atoms with Gasteiger partial charge in [-0.15, -0.1) is 6.58 Å². The largest absolute Gasteiger partial charge is 0.361 e. The van der Waals surface area contributed by atoms with Crippen LogP contribution in [0.2, 0.25) is 0 Å². The number of carbonyl (C=O) groups is 1. The number of rotatable bonds is 5. The summed E-state index contributed by atoms with van der Waals surface area (Å²) >= 11 is 0. The van der Waals surface area contributed by atoms with E-state index in [2.05, 4.69) is 6.58 Å². The Hall–Kier alpha value is -1.71. The van der Waals surface area contributed by atoms with Crippen LogP contribution in [0.25, 0.3) is 0 Å². The molecule has 0 amide bonds. The average Bonchev–Trinajstić information content (AvgIpc) is 2.26. The van der Waals surface area contributed by atoms with Crippen LogP contribution in [0.5, 0.6) is 0 Å². The lowest BCUT2D eigenvalue weighted by Crippen LogP contribution is -2.32. The molecule has 0 fully saturated rings. The van der Waals surface area contributed by atoms with Gasteiger partial charge in [-0.1, -0.05) is 6.08 Å². The first-order chi connectivity index (χ1) is 8.01. The summed E-state index contributed by atoms with van der Waals surface area (Å²) in [6.45, 7) is 7.56. The second-order valence-electron chi connectivity index (χ2n) is 3.99. The molecule has 0 unspecified atom stereocenters. The third kappa shape index (κ3) is 2.90. The Morgan fingerprint density at radius 2 is 1.88 bits per heavy atom. The Morgan fingerprint density at radius 3 is 2.24 bits per heavy atom. The Labute approximate surface area is 99.5 Å². The third-order valence-electron chi connectivity index (χ3n) is 2.41. The van der Waals surface area contributed by atoms with Gasteiger partial charge in [0.15, 0.2) is 0 Å². The molecule has 17 heavy (non-hydrogen) atoms. The van der Waals surface area contributed by atoms with Crippen molar-refractivity contribution in [1.29, 1.82) is 0 Å². The lowest BCUT2D eigenvalue weighted by molar-refractivity contribution is 0.112. The van der Waals surface area contributed by atoms with Crippen LogP contribution >= 0.6 is 0 Å². The van der Waals surface area contributed by atoms with Crippen LogP contribution < -0.4 is 4.90 Å². The number of benzene rings is 1. The second kappa shape index (κ2) is 5.57. The molecule has 0 spiro atoms. The van der Waals surface area contributed by atoms with Crippen molar-refractivity contribution in [2.75, 3.05) is 11.4 Å². The van der Waals surface area contributed by atoms with Crippen molar-refractivity contribution in [1.82, 2.24) is 0 Å². The van der Waals surface area contributed by atoms with E-state index in [1.807, 2.05) is 13.8 Å². The minimum Gasteiger partial charge on any atom is -0.361 e. The molecule has 0 aliphatic carbocycles. The monoisotopic (exact) mass is 239 g/mol. The smallest absolute Gasteiger partial charge is 0.150 e. The molecule has 1 aromatic rings. The zero-order valence-corrected chi connectivity index (χ0v) is 9.91. The number of carbonyl (C=O) groups excluding carboxylic acids is 1. The summed E-state index contributed by atoms with van der Waals surface area (Å²) in [5.41, 5.74) is -0.128. The van der Waals surface area contributed by atoms with Crippen molar-refractivity contribution in [3.63, 3.8) is 0 Å². The Balaban J connectivity index is 3.27. The van der Waals surface area contributed by atoms with Crippen molar-refractivity contribution < 1.29 is 13.6 Å². The summed E-state index contributed by atoms with van der Waals surface area (Å²) in [5, 5.41) is 0. The van der Waals surface area contributed by atoms with Gasteiger partial charge in [0, 0.05) is 18.2 Å². The quantitative estimate of drug-likeness (QED) is 0.581. The molecule has 0 aliphatic rings. The highest BCUT2D eigenvalue weighted by Gasteiger charge is 2.19. The Bertz CT molecular complexity index is 406. The van der Waals surface area contributed by atoms with E-state index in [9.17, 15) is 13.6 Å². The summed E-state index contributed by atoms with van der Waals surface area (Å²) in [5.74, 6) is -1.47. The zero-order chi connectivity index (χ0) is 13.0. The molecule has 0 aliphatic heterocycles. The predicted molar refractivity (Wildman–Crippen MR) is 64.4 cm³/mol. The minimum atomic E-state index is -0.734. The van der Waals surface area contributed by atoms with Crippen LogP contribution in [-0.2, 0) is 0 Å². The second-order valence-corrected chi connectivity index (χ2v) is 3.99. The molecule has 4 heteroatoms. The summed E-state index contributed by atoms with van der Waals surface area (Å²) in [4.78, 5) is 12.0. The van der Waals surface area contributed by atoms with Crippen LogP contribution in [0.15, 0.2) is 24.8 Å². The highest BCUT2D eigenvalue weighted by Crippen LogP contribution is 2.26. The van der Waals surface area contributed by atoms with E-state index in [0.29, 0.717) is 12.8 Å². The molecule has 0 radical (unpaired) electrons. The molecule has 0 aromatic heterocycles. The zero-order valence-electron chi connectivity index (χ0n) is 9.91. The van der Waals surface area contributed by atoms with Gasteiger partial charge in [0.05, 0.1) is 0 Å². The van der Waals surface area contributed by atoms with Gasteiger partial charge >= 0.3 is 0 Å². The molecule has 2 nitrogen and oxygen atoms in total. The molecular formula is C13H15F2NO. The fraction of sp³-hybridized carbons (Fsp3) is 0.308. The van der Waals surface area contributed by atoms with Gasteiger partial charge in [0.25, 0.3) is 0 Å². The highest BCUT2D eigenvalue weighted by molar-refractivity contribution is 5.76. The molecule has 0 bridgehead atoms. The standard InChI is InChI=1S/C13H15F2NO/c1-4-5-16(9(2)3)13-11(14)6-10(8-17)7-12(13)15/h4,6-9H,1,5H2,2-3H3. The fourth-order valence-corrected chi connectivity index (χ4v) is 1.63. The van der Waals surface area contributed by atoms with Gasteiger partial charge in [-0.05, 0) is 26.0 Å². The molecule has 0 atom stereocenters. The van der Waals surface area contributed by atoms with Crippen molar-refractivity contribution in [2.24, 2.45) is 0 Å². The van der Waals surface area contributed by atoms with E-state index in [4.69, 9.17) is 0 Å². The lowest BCUT2D eigenvalue weighted by Gasteiger charge is -2.28. The first-order valence-electron chi connectivity index (χ1n) is 5.33. The maximum absolute atomic E-state index is 13.8. The van der Waals surface area contributed by atoms with Crippen LogP contribution in [0.4, 0.5) is 14.5 Å². The van der Waals surface area contributed by atoms with E-state index in [1.54, 1.807) is 11.0 Å². The molecular weight excluding hydrogens is 224 g/mol. The van der Waals surface area contributed by atoms with Crippen molar-refractivity contribution >= 4 is 12.0 Å². The number of nitrogens with zero attached hydrogens (tertiary/aromatic N) is 1. The van der Waals surface area contributed by atoms with E-state index >= 15 is 0 Å². The number of anilines is 1. The SMILES string of the molecule is C=CCN(c1c(F)cc(C=O)cc1F)C(C)C. The number of aldehydes is 1. The molecule has 0 heterocycles. The maximum Gasteiger partial charge on any atom is 0.150 e. The summed E-state index contributed by atoms with van der Waals surface area (Å²) in [7, 11) is 0. The Kier molecular flexibility index (Phi) is 4.37. The fourth-order valence-electron chi connectivity index (χ4n) is 1.63. The molecule has 0 saturated heterocycles. The summed E-state index contributed by atoms with van der Waals surface area (Å²) < 4.78 is 27.5. The van der Waals surface area contributed by atoms with Crippen LogP contribution in [0.3, 0.4) is 0 Å². The van der Waals surface area contributed by atoms with Gasteiger partial charge < -0.3 is 4.90 Å². The van der Waals surface area contributed by atoms with Crippen LogP contribution in [0.1, 0.15) is 24.2 Å². The predicted octanol–water partition coefficient (Wildman–Crippen LogP) is 3.18. The number of hydrogen-bond acceptors (Lipinski definition) is 2. The molecule has 92 valence electrons. The Morgan fingerprint density at radius 1 is 1.35 bits per heavy atom. The first kappa shape index (κ1) is 13.4. The van der Waals surface area contributed by atoms with Gasteiger partial charge in [0.2, 0.25) is 0 Å². The molecule has 0 saturated carbocycles. The maximum atomic E-state index is 13.8. The normalized spacial score (nSPS) is 10.4. The van der Waals surface area contributed by atoms with Crippen LogP contribution in [0, 0.1) is 11.6 Å². The molecule has 0 N–H and O–H groups in total. The van der Waals surface area contributed by atoms with Gasteiger partial charge in [-0.2, -0.15) is 0 Å². The third-order valence-corrected chi connectivity index (χ3v) is 2.41. The number of hydrogen-bond donors (Lipinski definition) is 0.